The van der Waals surface area contributed by atoms with Gasteiger partial charge in [-0.3, -0.25) is 4.79 Å². The zero-order chi connectivity index (χ0) is 18.0. The second-order valence-electron chi connectivity index (χ2n) is 7.51. The zero-order valence-corrected chi connectivity index (χ0v) is 15.0. The molecule has 1 aromatic rings. The number of nitrogens with zero attached hydrogens (tertiary/aromatic N) is 3. The van der Waals surface area contributed by atoms with Gasteiger partial charge in [-0.25, -0.2) is 4.39 Å². The first-order valence-electron chi connectivity index (χ1n) is 9.17. The lowest BCUT2D eigenvalue weighted by Crippen LogP contribution is -2.43. The third-order valence-corrected chi connectivity index (χ3v) is 5.66. The second kappa shape index (κ2) is 7.57. The lowest BCUT2D eigenvalue weighted by molar-refractivity contribution is -0.130. The number of alkyl halides is 1. The van der Waals surface area contributed by atoms with Gasteiger partial charge in [-0.15, -0.1) is 0 Å². The number of likely N-dealkylation sites (tertiary alicyclic amines) is 1. The van der Waals surface area contributed by atoms with Crippen LogP contribution in [0.2, 0.25) is 0 Å². The van der Waals surface area contributed by atoms with Crippen molar-refractivity contribution in [1.82, 2.24) is 14.8 Å². The molecule has 5 nitrogen and oxygen atoms in total. The minimum absolute atomic E-state index is 0.0538. The maximum absolute atomic E-state index is 13.4. The Bertz CT molecular complexity index is 645. The summed E-state index contributed by atoms with van der Waals surface area (Å²) in [4.78, 5) is 13.7. The van der Waals surface area contributed by atoms with E-state index in [0.717, 1.165) is 25.8 Å². The number of halogens is 1. The molecule has 0 bridgehead atoms. The fraction of sp³-hybridized carbons (Fsp3) is 0.684. The van der Waals surface area contributed by atoms with Gasteiger partial charge in [0, 0.05) is 30.4 Å². The Morgan fingerprint density at radius 2 is 2.04 bits per heavy atom. The van der Waals surface area contributed by atoms with Crippen LogP contribution in [0.5, 0.6) is 0 Å². The zero-order valence-electron chi connectivity index (χ0n) is 15.0. The van der Waals surface area contributed by atoms with Crippen molar-refractivity contribution in [3.8, 4) is 6.07 Å². The summed E-state index contributed by atoms with van der Waals surface area (Å²) < 4.78 is 15.8. The summed E-state index contributed by atoms with van der Waals surface area (Å²) in [7, 11) is 0. The Hall–Kier alpha value is -1.87. The molecule has 25 heavy (non-hydrogen) atoms. The van der Waals surface area contributed by atoms with Gasteiger partial charge in [0.1, 0.15) is 12.2 Å². The maximum Gasteiger partial charge on any atom is 0.237 e. The van der Waals surface area contributed by atoms with Crippen molar-refractivity contribution in [3.63, 3.8) is 0 Å². The van der Waals surface area contributed by atoms with E-state index in [4.69, 9.17) is 5.26 Å². The van der Waals surface area contributed by atoms with Crippen LogP contribution in [-0.4, -0.2) is 46.7 Å². The van der Waals surface area contributed by atoms with Crippen LogP contribution in [0.25, 0.3) is 0 Å². The van der Waals surface area contributed by atoms with E-state index in [0.29, 0.717) is 12.0 Å². The molecule has 2 fully saturated rings. The van der Waals surface area contributed by atoms with E-state index >= 15 is 0 Å². The number of hydrogen-bond donors (Lipinski definition) is 1. The number of carbonyl (C=O) groups excluding carboxylic acids is 1. The Morgan fingerprint density at radius 1 is 1.32 bits per heavy atom. The topological polar surface area (TPSA) is 61.1 Å². The van der Waals surface area contributed by atoms with Gasteiger partial charge in [0.05, 0.1) is 19.2 Å². The highest BCUT2D eigenvalue weighted by Gasteiger charge is 2.35. The molecule has 4 atom stereocenters. The molecule has 136 valence electrons. The summed E-state index contributed by atoms with van der Waals surface area (Å²) in [5.74, 6) is 0.457. The fourth-order valence-electron chi connectivity index (χ4n) is 4.19. The average molecular weight is 346 g/mol. The molecule has 2 heterocycles. The first-order chi connectivity index (χ1) is 12.0. The lowest BCUT2D eigenvalue weighted by Gasteiger charge is -2.21. The molecule has 2 aliphatic rings. The van der Waals surface area contributed by atoms with Gasteiger partial charge in [-0.1, -0.05) is 0 Å². The summed E-state index contributed by atoms with van der Waals surface area (Å²) in [6, 6.07) is 6.05. The van der Waals surface area contributed by atoms with Crippen molar-refractivity contribution in [3.05, 3.63) is 23.5 Å². The quantitative estimate of drug-likeness (QED) is 0.890. The summed E-state index contributed by atoms with van der Waals surface area (Å²) in [6.45, 7) is 5.55. The summed E-state index contributed by atoms with van der Waals surface area (Å²) >= 11 is 0. The van der Waals surface area contributed by atoms with Gasteiger partial charge in [0.25, 0.3) is 0 Å². The largest absolute Gasteiger partial charge is 0.349 e. The highest BCUT2D eigenvalue weighted by atomic mass is 19.1. The molecule has 0 radical (unpaired) electrons. The van der Waals surface area contributed by atoms with Crippen molar-refractivity contribution in [2.75, 3.05) is 13.1 Å². The molecule has 6 heteroatoms. The molecule has 0 unspecified atom stereocenters. The third kappa shape index (κ3) is 4.04. The van der Waals surface area contributed by atoms with Crippen molar-refractivity contribution >= 4 is 5.91 Å². The van der Waals surface area contributed by atoms with Gasteiger partial charge in [-0.05, 0) is 51.2 Å². The van der Waals surface area contributed by atoms with E-state index in [9.17, 15) is 9.18 Å². The van der Waals surface area contributed by atoms with Crippen LogP contribution < -0.4 is 5.32 Å². The number of rotatable bonds is 5. The molecule has 1 saturated heterocycles. The van der Waals surface area contributed by atoms with Crippen LogP contribution in [0.1, 0.15) is 37.1 Å². The molecule has 3 rings (SSSR count). The minimum Gasteiger partial charge on any atom is -0.349 e. The maximum atomic E-state index is 13.4. The number of carbonyl (C=O) groups is 1. The monoisotopic (exact) mass is 346 g/mol. The molecular weight excluding hydrogens is 319 g/mol. The van der Waals surface area contributed by atoms with E-state index in [1.807, 2.05) is 6.07 Å². The standard InChI is InChI=1S/C19H27FN4O/c1-13-3-4-14(2)23(13)11-15-5-6-17(7-15)22-10-19(25)24-12-16(20)8-18(24)9-21/h3-4,15-18,22H,5-8,10-12H2,1-2H3/t15-,16+,17+,18-/m0/s1. The second-order valence-corrected chi connectivity index (χ2v) is 7.51. The van der Waals surface area contributed by atoms with Crippen molar-refractivity contribution in [1.29, 1.82) is 5.26 Å². The number of amides is 1. The van der Waals surface area contributed by atoms with Gasteiger partial charge in [-0.2, -0.15) is 5.26 Å². The van der Waals surface area contributed by atoms with Gasteiger partial charge < -0.3 is 14.8 Å². The normalized spacial score (nSPS) is 29.1. The summed E-state index contributed by atoms with van der Waals surface area (Å²) in [5, 5.41) is 12.4. The van der Waals surface area contributed by atoms with Gasteiger partial charge in [0.15, 0.2) is 0 Å². The number of nitrogens with one attached hydrogen (secondary N) is 1. The smallest absolute Gasteiger partial charge is 0.237 e. The fourth-order valence-corrected chi connectivity index (χ4v) is 4.19. The predicted molar refractivity (Wildman–Crippen MR) is 93.7 cm³/mol. The Labute approximate surface area is 148 Å². The average Bonchev–Trinajstić information content (AvgIpc) is 3.28. The third-order valence-electron chi connectivity index (χ3n) is 5.66. The Morgan fingerprint density at radius 3 is 2.72 bits per heavy atom. The van der Waals surface area contributed by atoms with Gasteiger partial charge in [0.2, 0.25) is 5.91 Å². The van der Waals surface area contributed by atoms with Crippen molar-refractivity contribution < 1.29 is 9.18 Å². The van der Waals surface area contributed by atoms with E-state index in [2.05, 4.69) is 35.9 Å². The number of aromatic nitrogens is 1. The minimum atomic E-state index is -1.07. The van der Waals surface area contributed by atoms with E-state index < -0.39 is 12.2 Å². The van der Waals surface area contributed by atoms with Crippen molar-refractivity contribution in [2.24, 2.45) is 5.92 Å². The number of hydrogen-bond acceptors (Lipinski definition) is 3. The Balaban J connectivity index is 1.46. The molecule has 1 amide bonds. The highest BCUT2D eigenvalue weighted by molar-refractivity contribution is 5.79. The molecule has 1 saturated carbocycles. The first-order valence-corrected chi connectivity index (χ1v) is 9.17. The van der Waals surface area contributed by atoms with Crippen LogP contribution in [0.4, 0.5) is 4.39 Å². The Kier molecular flexibility index (Phi) is 5.43. The molecule has 1 aromatic heterocycles. The highest BCUT2D eigenvalue weighted by Crippen LogP contribution is 2.28. The van der Waals surface area contributed by atoms with Crippen LogP contribution in [0, 0.1) is 31.1 Å². The molecule has 1 aliphatic carbocycles. The lowest BCUT2D eigenvalue weighted by atomic mass is 10.1. The molecular formula is C19H27FN4O. The SMILES string of the molecule is Cc1ccc(C)n1C[C@H]1CC[C@@H](NCC(=O)N2C[C@H](F)C[C@H]2C#N)C1. The van der Waals surface area contributed by atoms with Crippen LogP contribution in [-0.2, 0) is 11.3 Å². The van der Waals surface area contributed by atoms with Crippen LogP contribution in [0.3, 0.4) is 0 Å². The molecule has 0 aromatic carbocycles. The molecule has 0 spiro atoms. The summed E-state index contributed by atoms with van der Waals surface area (Å²) in [5.41, 5.74) is 2.59. The number of nitriles is 1. The van der Waals surface area contributed by atoms with Gasteiger partial charge >= 0.3 is 0 Å². The van der Waals surface area contributed by atoms with E-state index in [1.54, 1.807) is 0 Å². The molecule has 1 aliphatic heterocycles. The summed E-state index contributed by atoms with van der Waals surface area (Å²) in [6.07, 6.45) is 2.34. The predicted octanol–water partition coefficient (Wildman–Crippen LogP) is 2.33. The first kappa shape index (κ1) is 17.9. The number of aryl methyl sites for hydroxylation is 2. The van der Waals surface area contributed by atoms with E-state index in [1.165, 1.54) is 16.3 Å². The van der Waals surface area contributed by atoms with Crippen molar-refractivity contribution in [2.45, 2.75) is 64.3 Å². The van der Waals surface area contributed by atoms with Crippen LogP contribution in [0.15, 0.2) is 12.1 Å². The van der Waals surface area contributed by atoms with Crippen LogP contribution >= 0.6 is 0 Å². The van der Waals surface area contributed by atoms with E-state index in [-0.39, 0.29) is 25.4 Å². The molecule has 1 N–H and O–H groups in total.